The molecule has 4 nitrogen and oxygen atoms in total. The monoisotopic (exact) mass is 257 g/mol. The summed E-state index contributed by atoms with van der Waals surface area (Å²) in [5.41, 5.74) is 2.20. The standard InChI is InChI=1S/C15H19N3O/c1-11-10-17(3)6-7-18(11)15-8-13(9-16)4-5-14(15)12(2)19/h4-5,8,11H,6-7,10H2,1-3H3. The van der Waals surface area contributed by atoms with Crippen LogP contribution < -0.4 is 4.90 Å². The Bertz CT molecular complexity index is 533. The van der Waals surface area contributed by atoms with E-state index in [0.29, 0.717) is 17.2 Å². The van der Waals surface area contributed by atoms with E-state index in [-0.39, 0.29) is 5.78 Å². The maximum atomic E-state index is 11.8. The minimum atomic E-state index is 0.0469. The van der Waals surface area contributed by atoms with E-state index < -0.39 is 0 Å². The first-order valence-electron chi connectivity index (χ1n) is 6.53. The Morgan fingerprint density at radius 2 is 2.16 bits per heavy atom. The highest BCUT2D eigenvalue weighted by Gasteiger charge is 2.24. The molecule has 0 N–H and O–H groups in total. The van der Waals surface area contributed by atoms with Crippen molar-refractivity contribution in [2.75, 3.05) is 31.6 Å². The van der Waals surface area contributed by atoms with Crippen molar-refractivity contribution in [3.63, 3.8) is 0 Å². The van der Waals surface area contributed by atoms with Crippen LogP contribution in [0.4, 0.5) is 5.69 Å². The van der Waals surface area contributed by atoms with Crippen molar-refractivity contribution in [3.8, 4) is 6.07 Å². The van der Waals surface area contributed by atoms with Crippen LogP contribution in [0.1, 0.15) is 29.8 Å². The lowest BCUT2D eigenvalue weighted by molar-refractivity contribution is 0.101. The Morgan fingerprint density at radius 1 is 1.42 bits per heavy atom. The molecule has 0 bridgehead atoms. The number of carbonyl (C=O) groups is 1. The van der Waals surface area contributed by atoms with Gasteiger partial charge in [-0.05, 0) is 39.1 Å². The summed E-state index contributed by atoms with van der Waals surface area (Å²) >= 11 is 0. The summed E-state index contributed by atoms with van der Waals surface area (Å²) in [4.78, 5) is 16.3. The van der Waals surface area contributed by atoms with Crippen molar-refractivity contribution in [1.29, 1.82) is 5.26 Å². The van der Waals surface area contributed by atoms with Gasteiger partial charge < -0.3 is 9.80 Å². The second-order valence-corrected chi connectivity index (χ2v) is 5.20. The van der Waals surface area contributed by atoms with Crippen LogP contribution in [0.15, 0.2) is 18.2 Å². The van der Waals surface area contributed by atoms with Gasteiger partial charge in [-0.15, -0.1) is 0 Å². The van der Waals surface area contributed by atoms with Gasteiger partial charge in [0.05, 0.1) is 11.6 Å². The highest BCUT2D eigenvalue weighted by atomic mass is 16.1. The summed E-state index contributed by atoms with van der Waals surface area (Å²) in [5, 5.41) is 9.04. The molecular formula is C15H19N3O. The summed E-state index contributed by atoms with van der Waals surface area (Å²) in [6, 6.07) is 7.79. The van der Waals surface area contributed by atoms with Gasteiger partial charge in [-0.3, -0.25) is 4.79 Å². The van der Waals surface area contributed by atoms with Crippen LogP contribution in [0.2, 0.25) is 0 Å². The van der Waals surface area contributed by atoms with Crippen LogP contribution in [0, 0.1) is 11.3 Å². The molecular weight excluding hydrogens is 238 g/mol. The fraction of sp³-hybridized carbons (Fsp3) is 0.467. The number of anilines is 1. The van der Waals surface area contributed by atoms with Crippen molar-refractivity contribution in [2.45, 2.75) is 19.9 Å². The molecule has 1 saturated heterocycles. The number of hydrogen-bond acceptors (Lipinski definition) is 4. The van der Waals surface area contributed by atoms with Crippen molar-refractivity contribution in [3.05, 3.63) is 29.3 Å². The molecule has 0 aliphatic carbocycles. The molecule has 0 amide bonds. The molecule has 1 aliphatic rings. The van der Waals surface area contributed by atoms with E-state index in [2.05, 4.69) is 29.8 Å². The van der Waals surface area contributed by atoms with Gasteiger partial charge in [-0.2, -0.15) is 5.26 Å². The number of benzene rings is 1. The van der Waals surface area contributed by atoms with E-state index in [9.17, 15) is 4.79 Å². The van der Waals surface area contributed by atoms with Crippen molar-refractivity contribution >= 4 is 11.5 Å². The van der Waals surface area contributed by atoms with E-state index in [1.807, 2.05) is 6.07 Å². The molecule has 1 aromatic carbocycles. The number of rotatable bonds is 2. The van der Waals surface area contributed by atoms with Crippen LogP contribution in [0.25, 0.3) is 0 Å². The lowest BCUT2D eigenvalue weighted by atomic mass is 10.0. The van der Waals surface area contributed by atoms with Crippen molar-refractivity contribution in [2.24, 2.45) is 0 Å². The zero-order chi connectivity index (χ0) is 14.0. The molecule has 1 unspecified atom stereocenters. The zero-order valence-electron chi connectivity index (χ0n) is 11.7. The predicted octanol–water partition coefficient (Wildman–Crippen LogP) is 1.90. The third kappa shape index (κ3) is 2.77. The summed E-state index contributed by atoms with van der Waals surface area (Å²) in [5.74, 6) is 0.0469. The Morgan fingerprint density at radius 3 is 2.74 bits per heavy atom. The van der Waals surface area contributed by atoms with Crippen molar-refractivity contribution < 1.29 is 4.79 Å². The number of likely N-dealkylation sites (N-methyl/N-ethyl adjacent to an activating group) is 1. The first-order chi connectivity index (χ1) is 9.02. The van der Waals surface area contributed by atoms with Gasteiger partial charge in [0.25, 0.3) is 0 Å². The molecule has 0 radical (unpaired) electrons. The summed E-state index contributed by atoms with van der Waals surface area (Å²) < 4.78 is 0. The second-order valence-electron chi connectivity index (χ2n) is 5.20. The van der Waals surface area contributed by atoms with Crippen molar-refractivity contribution in [1.82, 2.24) is 4.90 Å². The molecule has 1 fully saturated rings. The maximum Gasteiger partial charge on any atom is 0.161 e. The summed E-state index contributed by atoms with van der Waals surface area (Å²) in [7, 11) is 2.10. The molecule has 4 heteroatoms. The number of nitrogens with zero attached hydrogens (tertiary/aromatic N) is 3. The molecule has 0 spiro atoms. The van der Waals surface area contributed by atoms with Crippen LogP contribution in [0.3, 0.4) is 0 Å². The molecule has 19 heavy (non-hydrogen) atoms. The van der Waals surface area contributed by atoms with Crippen LogP contribution in [-0.4, -0.2) is 43.4 Å². The van der Waals surface area contributed by atoms with Gasteiger partial charge in [-0.1, -0.05) is 0 Å². The SMILES string of the molecule is CC(=O)c1ccc(C#N)cc1N1CCN(C)CC1C. The lowest BCUT2D eigenvalue weighted by Crippen LogP contribution is -2.50. The van der Waals surface area contributed by atoms with Gasteiger partial charge in [0, 0.05) is 36.9 Å². The molecule has 0 saturated carbocycles. The maximum absolute atomic E-state index is 11.8. The van der Waals surface area contributed by atoms with Gasteiger partial charge in [0.1, 0.15) is 0 Å². The molecule has 1 heterocycles. The number of Topliss-reactive ketones (excluding diaryl/α,β-unsaturated/α-hetero) is 1. The summed E-state index contributed by atoms with van der Waals surface area (Å²) in [6.07, 6.45) is 0. The third-order valence-corrected chi connectivity index (χ3v) is 3.65. The highest BCUT2D eigenvalue weighted by Crippen LogP contribution is 2.26. The Kier molecular flexibility index (Phi) is 3.87. The Labute approximate surface area is 114 Å². The van der Waals surface area contributed by atoms with E-state index in [0.717, 1.165) is 25.3 Å². The Balaban J connectivity index is 2.42. The largest absolute Gasteiger partial charge is 0.366 e. The quantitative estimate of drug-likeness (QED) is 0.759. The molecule has 1 atom stereocenters. The molecule has 0 aromatic heterocycles. The first kappa shape index (κ1) is 13.6. The number of nitriles is 1. The Hall–Kier alpha value is -1.86. The fourth-order valence-corrected chi connectivity index (χ4v) is 2.63. The molecule has 1 aromatic rings. The topological polar surface area (TPSA) is 47.3 Å². The van der Waals surface area contributed by atoms with Gasteiger partial charge in [0.15, 0.2) is 5.78 Å². The third-order valence-electron chi connectivity index (χ3n) is 3.65. The normalized spacial score (nSPS) is 20.1. The van der Waals surface area contributed by atoms with Crippen LogP contribution in [0.5, 0.6) is 0 Å². The lowest BCUT2D eigenvalue weighted by Gasteiger charge is -2.40. The average Bonchev–Trinajstić information content (AvgIpc) is 2.38. The fourth-order valence-electron chi connectivity index (χ4n) is 2.63. The van der Waals surface area contributed by atoms with Gasteiger partial charge >= 0.3 is 0 Å². The molecule has 1 aliphatic heterocycles. The highest BCUT2D eigenvalue weighted by molar-refractivity contribution is 6.00. The van der Waals surface area contributed by atoms with Gasteiger partial charge in [-0.25, -0.2) is 0 Å². The van der Waals surface area contributed by atoms with E-state index in [4.69, 9.17) is 5.26 Å². The van der Waals surface area contributed by atoms with Crippen LogP contribution >= 0.6 is 0 Å². The average molecular weight is 257 g/mol. The minimum Gasteiger partial charge on any atom is -0.366 e. The molecule has 100 valence electrons. The zero-order valence-corrected chi connectivity index (χ0v) is 11.7. The number of hydrogen-bond donors (Lipinski definition) is 0. The van der Waals surface area contributed by atoms with Crippen LogP contribution in [-0.2, 0) is 0 Å². The predicted molar refractivity (Wildman–Crippen MR) is 75.5 cm³/mol. The number of piperazine rings is 1. The minimum absolute atomic E-state index is 0.0469. The number of carbonyl (C=O) groups excluding carboxylic acids is 1. The second kappa shape index (κ2) is 5.41. The summed E-state index contributed by atoms with van der Waals surface area (Å²) in [6.45, 7) is 6.55. The molecule has 2 rings (SSSR count). The smallest absolute Gasteiger partial charge is 0.161 e. The first-order valence-corrected chi connectivity index (χ1v) is 6.53. The number of ketones is 1. The van der Waals surface area contributed by atoms with Gasteiger partial charge in [0.2, 0.25) is 0 Å². The van der Waals surface area contributed by atoms with E-state index >= 15 is 0 Å². The van der Waals surface area contributed by atoms with E-state index in [1.165, 1.54) is 0 Å². The van der Waals surface area contributed by atoms with E-state index in [1.54, 1.807) is 19.1 Å².